The Hall–Kier alpha value is -0.770. The van der Waals surface area contributed by atoms with E-state index in [4.69, 9.17) is 0 Å². The number of aromatic nitrogens is 2. The molecule has 1 heterocycles. The van der Waals surface area contributed by atoms with Crippen molar-refractivity contribution in [3.63, 3.8) is 0 Å². The van der Waals surface area contributed by atoms with Crippen LogP contribution in [0.1, 0.15) is 31.2 Å². The molecule has 1 rings (SSSR count). The first-order chi connectivity index (χ1) is 7.83. The van der Waals surface area contributed by atoms with Crippen molar-refractivity contribution in [3.05, 3.63) is 18.0 Å². The van der Waals surface area contributed by atoms with Crippen LogP contribution in [0.5, 0.6) is 0 Å². The molecule has 0 aromatic carbocycles. The van der Waals surface area contributed by atoms with Crippen LogP contribution in [0.4, 0.5) is 5.95 Å². The van der Waals surface area contributed by atoms with Gasteiger partial charge in [0, 0.05) is 18.9 Å². The van der Waals surface area contributed by atoms with Gasteiger partial charge in [-0.3, -0.25) is 0 Å². The number of rotatable bonds is 8. The first kappa shape index (κ1) is 13.3. The SMILES string of the molecule is CSCCCCCCNc1ncc(C)cn1. The van der Waals surface area contributed by atoms with Gasteiger partial charge in [0.15, 0.2) is 0 Å². The number of nitrogens with one attached hydrogen (secondary N) is 1. The van der Waals surface area contributed by atoms with Crippen LogP contribution in [0.2, 0.25) is 0 Å². The summed E-state index contributed by atoms with van der Waals surface area (Å²) in [5.41, 5.74) is 1.10. The number of unbranched alkanes of at least 4 members (excludes halogenated alkanes) is 3. The normalized spacial score (nSPS) is 10.4. The average molecular weight is 239 g/mol. The van der Waals surface area contributed by atoms with Crippen molar-refractivity contribution in [1.29, 1.82) is 0 Å². The Labute approximate surface area is 102 Å². The van der Waals surface area contributed by atoms with Gasteiger partial charge in [0.05, 0.1) is 0 Å². The summed E-state index contributed by atoms with van der Waals surface area (Å²) < 4.78 is 0. The lowest BCUT2D eigenvalue weighted by Gasteiger charge is -2.04. The van der Waals surface area contributed by atoms with Crippen molar-refractivity contribution in [2.24, 2.45) is 0 Å². The highest BCUT2D eigenvalue weighted by Crippen LogP contribution is 2.05. The lowest BCUT2D eigenvalue weighted by Crippen LogP contribution is -2.05. The molecule has 0 bridgehead atoms. The van der Waals surface area contributed by atoms with Crippen molar-refractivity contribution >= 4 is 17.7 Å². The third kappa shape index (κ3) is 5.95. The summed E-state index contributed by atoms with van der Waals surface area (Å²) >= 11 is 1.93. The maximum absolute atomic E-state index is 4.20. The lowest BCUT2D eigenvalue weighted by molar-refractivity contribution is 0.687. The van der Waals surface area contributed by atoms with Gasteiger partial charge in [0.1, 0.15) is 0 Å². The Morgan fingerprint density at radius 3 is 2.50 bits per heavy atom. The molecule has 3 nitrogen and oxygen atoms in total. The summed E-state index contributed by atoms with van der Waals surface area (Å²) in [4.78, 5) is 8.40. The van der Waals surface area contributed by atoms with Crippen LogP contribution in [0.3, 0.4) is 0 Å². The third-order valence-electron chi connectivity index (χ3n) is 2.34. The zero-order chi connectivity index (χ0) is 11.6. The van der Waals surface area contributed by atoms with Gasteiger partial charge < -0.3 is 5.32 Å². The van der Waals surface area contributed by atoms with E-state index in [0.717, 1.165) is 18.1 Å². The topological polar surface area (TPSA) is 37.8 Å². The van der Waals surface area contributed by atoms with Gasteiger partial charge in [-0.15, -0.1) is 0 Å². The summed E-state index contributed by atoms with van der Waals surface area (Å²) in [7, 11) is 0. The molecule has 4 heteroatoms. The second-order valence-electron chi connectivity index (χ2n) is 3.92. The van der Waals surface area contributed by atoms with E-state index in [-0.39, 0.29) is 0 Å². The minimum atomic E-state index is 0.745. The average Bonchev–Trinajstić information content (AvgIpc) is 2.30. The predicted molar refractivity (Wildman–Crippen MR) is 72.1 cm³/mol. The molecular weight excluding hydrogens is 218 g/mol. The van der Waals surface area contributed by atoms with Gasteiger partial charge in [0.25, 0.3) is 0 Å². The molecule has 1 aromatic rings. The van der Waals surface area contributed by atoms with E-state index in [9.17, 15) is 0 Å². The maximum Gasteiger partial charge on any atom is 0.222 e. The minimum Gasteiger partial charge on any atom is -0.354 e. The fraction of sp³-hybridized carbons (Fsp3) is 0.667. The molecule has 0 aliphatic carbocycles. The van der Waals surface area contributed by atoms with Gasteiger partial charge in [-0.1, -0.05) is 12.8 Å². The number of aryl methyl sites for hydroxylation is 1. The van der Waals surface area contributed by atoms with Gasteiger partial charge in [-0.05, 0) is 37.3 Å². The van der Waals surface area contributed by atoms with Crippen LogP contribution in [-0.4, -0.2) is 28.5 Å². The molecule has 16 heavy (non-hydrogen) atoms. The standard InChI is InChI=1S/C12H21N3S/c1-11-9-14-12(15-10-11)13-7-5-3-4-6-8-16-2/h9-10H,3-8H2,1-2H3,(H,13,14,15). The van der Waals surface area contributed by atoms with Gasteiger partial charge in [-0.25, -0.2) is 9.97 Å². The highest BCUT2D eigenvalue weighted by Gasteiger charge is 1.94. The van der Waals surface area contributed by atoms with Crippen LogP contribution < -0.4 is 5.32 Å². The largest absolute Gasteiger partial charge is 0.354 e. The fourth-order valence-corrected chi connectivity index (χ4v) is 1.90. The molecule has 0 fully saturated rings. The lowest BCUT2D eigenvalue weighted by atomic mass is 10.2. The fourth-order valence-electron chi connectivity index (χ4n) is 1.41. The number of hydrogen-bond acceptors (Lipinski definition) is 4. The van der Waals surface area contributed by atoms with E-state index in [0.29, 0.717) is 0 Å². The molecule has 1 N–H and O–H groups in total. The summed E-state index contributed by atoms with van der Waals surface area (Å²) in [6.07, 6.45) is 11.0. The molecule has 0 radical (unpaired) electrons. The van der Waals surface area contributed by atoms with E-state index < -0.39 is 0 Å². The summed E-state index contributed by atoms with van der Waals surface area (Å²) in [5.74, 6) is 2.03. The Balaban J connectivity index is 2.01. The zero-order valence-electron chi connectivity index (χ0n) is 10.2. The summed E-state index contributed by atoms with van der Waals surface area (Å²) in [6.45, 7) is 2.97. The second kappa shape index (κ2) is 8.39. The quantitative estimate of drug-likeness (QED) is 0.707. The number of nitrogens with zero attached hydrogens (tertiary/aromatic N) is 2. The summed E-state index contributed by atoms with van der Waals surface area (Å²) in [5, 5.41) is 3.24. The van der Waals surface area contributed by atoms with Crippen molar-refractivity contribution in [2.45, 2.75) is 32.6 Å². The van der Waals surface area contributed by atoms with Crippen LogP contribution in [-0.2, 0) is 0 Å². The number of hydrogen-bond donors (Lipinski definition) is 1. The van der Waals surface area contributed by atoms with E-state index in [2.05, 4.69) is 21.5 Å². The number of anilines is 1. The molecule has 0 atom stereocenters. The van der Waals surface area contributed by atoms with Crippen molar-refractivity contribution in [2.75, 3.05) is 23.9 Å². The van der Waals surface area contributed by atoms with Crippen molar-refractivity contribution < 1.29 is 0 Å². The molecule has 1 aromatic heterocycles. The highest BCUT2D eigenvalue weighted by molar-refractivity contribution is 7.98. The van der Waals surface area contributed by atoms with E-state index in [1.807, 2.05) is 31.1 Å². The van der Waals surface area contributed by atoms with Crippen LogP contribution >= 0.6 is 11.8 Å². The Bertz CT molecular complexity index is 274. The van der Waals surface area contributed by atoms with Gasteiger partial charge in [0.2, 0.25) is 5.95 Å². The van der Waals surface area contributed by atoms with Crippen LogP contribution in [0.15, 0.2) is 12.4 Å². The third-order valence-corrected chi connectivity index (χ3v) is 3.04. The first-order valence-electron chi connectivity index (χ1n) is 5.84. The van der Waals surface area contributed by atoms with Crippen molar-refractivity contribution in [3.8, 4) is 0 Å². The monoisotopic (exact) mass is 239 g/mol. The smallest absolute Gasteiger partial charge is 0.222 e. The maximum atomic E-state index is 4.20. The Morgan fingerprint density at radius 2 is 1.81 bits per heavy atom. The zero-order valence-corrected chi connectivity index (χ0v) is 11.0. The molecule has 0 unspecified atom stereocenters. The van der Waals surface area contributed by atoms with E-state index in [1.165, 1.54) is 31.4 Å². The number of thioether (sulfide) groups is 1. The molecule has 90 valence electrons. The molecule has 0 saturated heterocycles. The first-order valence-corrected chi connectivity index (χ1v) is 7.24. The summed E-state index contributed by atoms with van der Waals surface area (Å²) in [6, 6.07) is 0. The minimum absolute atomic E-state index is 0.745. The molecule has 0 aliphatic heterocycles. The highest BCUT2D eigenvalue weighted by atomic mass is 32.2. The predicted octanol–water partition coefficient (Wildman–Crippen LogP) is 3.12. The molecular formula is C12H21N3S. The van der Waals surface area contributed by atoms with Crippen molar-refractivity contribution in [1.82, 2.24) is 9.97 Å². The van der Waals surface area contributed by atoms with Crippen LogP contribution in [0, 0.1) is 6.92 Å². The van der Waals surface area contributed by atoms with Crippen LogP contribution in [0.25, 0.3) is 0 Å². The Morgan fingerprint density at radius 1 is 1.12 bits per heavy atom. The molecule has 0 spiro atoms. The van der Waals surface area contributed by atoms with Gasteiger partial charge in [-0.2, -0.15) is 11.8 Å². The van der Waals surface area contributed by atoms with E-state index in [1.54, 1.807) is 0 Å². The second-order valence-corrected chi connectivity index (χ2v) is 4.90. The van der Waals surface area contributed by atoms with E-state index >= 15 is 0 Å². The Kier molecular flexibility index (Phi) is 6.97. The molecule has 0 saturated carbocycles. The molecule has 0 amide bonds. The molecule has 0 aliphatic rings. The van der Waals surface area contributed by atoms with Gasteiger partial charge >= 0.3 is 0 Å².